The Bertz CT molecular complexity index is 1400. The maximum absolute atomic E-state index is 13.2. The van der Waals surface area contributed by atoms with Crippen LogP contribution in [0.2, 0.25) is 5.02 Å². The monoisotopic (exact) mass is 414 g/mol. The molecule has 0 fully saturated rings. The molecule has 30 heavy (non-hydrogen) atoms. The third-order valence-corrected chi connectivity index (χ3v) is 5.38. The molecule has 148 valence electrons. The molecule has 0 N–H and O–H groups in total. The van der Waals surface area contributed by atoms with Crippen molar-refractivity contribution in [3.8, 4) is 6.07 Å². The second-order valence-corrected chi connectivity index (χ2v) is 7.54. The molecular weight excluding hydrogens is 396 g/mol. The third kappa shape index (κ3) is 3.32. The van der Waals surface area contributed by atoms with Crippen LogP contribution in [0.25, 0.3) is 22.6 Å². The van der Waals surface area contributed by atoms with Crippen molar-refractivity contribution < 1.29 is 0 Å². The SMILES string of the molecule is Cc1cc(C=C(C#N)c2ccc(Cl)cc2)c(C)n1-n1c(C)nc2ccccc2c1=O. The molecule has 2 aromatic carbocycles. The van der Waals surface area contributed by atoms with E-state index in [1.165, 1.54) is 0 Å². The number of halogens is 1. The fourth-order valence-electron chi connectivity index (χ4n) is 3.67. The van der Waals surface area contributed by atoms with Crippen LogP contribution >= 0.6 is 11.6 Å². The molecule has 6 heteroatoms. The highest BCUT2D eigenvalue weighted by molar-refractivity contribution is 6.30. The lowest BCUT2D eigenvalue weighted by molar-refractivity contribution is 0.573. The molecule has 2 heterocycles. The van der Waals surface area contributed by atoms with Crippen molar-refractivity contribution in [3.05, 3.63) is 98.3 Å². The smallest absolute Gasteiger partial charge is 0.267 e. The van der Waals surface area contributed by atoms with Crippen LogP contribution in [0.3, 0.4) is 0 Å². The van der Waals surface area contributed by atoms with Crippen LogP contribution in [0, 0.1) is 32.1 Å². The van der Waals surface area contributed by atoms with Gasteiger partial charge in [-0.1, -0.05) is 35.9 Å². The second-order valence-electron chi connectivity index (χ2n) is 7.11. The van der Waals surface area contributed by atoms with E-state index in [2.05, 4.69) is 11.1 Å². The quantitative estimate of drug-likeness (QED) is 0.435. The maximum atomic E-state index is 13.2. The largest absolute Gasteiger partial charge is 0.280 e. The number of rotatable bonds is 3. The van der Waals surface area contributed by atoms with Crippen LogP contribution in [0.4, 0.5) is 0 Å². The van der Waals surface area contributed by atoms with Gasteiger partial charge in [-0.25, -0.2) is 4.98 Å². The zero-order valence-electron chi connectivity index (χ0n) is 16.8. The van der Waals surface area contributed by atoms with Gasteiger partial charge in [-0.2, -0.15) is 9.94 Å². The molecule has 0 saturated heterocycles. The van der Waals surface area contributed by atoms with E-state index in [1.807, 2.05) is 67.9 Å². The van der Waals surface area contributed by atoms with Crippen LogP contribution < -0.4 is 5.56 Å². The van der Waals surface area contributed by atoms with Crippen molar-refractivity contribution in [2.75, 3.05) is 0 Å². The minimum atomic E-state index is -0.131. The van der Waals surface area contributed by atoms with Crippen molar-refractivity contribution in [1.82, 2.24) is 14.3 Å². The molecule has 0 radical (unpaired) electrons. The van der Waals surface area contributed by atoms with Gasteiger partial charge in [-0.3, -0.25) is 9.47 Å². The lowest BCUT2D eigenvalue weighted by atomic mass is 10.0. The molecule has 0 aliphatic carbocycles. The van der Waals surface area contributed by atoms with E-state index in [-0.39, 0.29) is 5.56 Å². The summed E-state index contributed by atoms with van der Waals surface area (Å²) in [6, 6.07) is 18.7. The van der Waals surface area contributed by atoms with E-state index in [9.17, 15) is 10.1 Å². The van der Waals surface area contributed by atoms with Crippen molar-refractivity contribution in [2.24, 2.45) is 0 Å². The van der Waals surface area contributed by atoms with Crippen molar-refractivity contribution in [3.63, 3.8) is 0 Å². The van der Waals surface area contributed by atoms with Gasteiger partial charge in [-0.15, -0.1) is 0 Å². The lowest BCUT2D eigenvalue weighted by Crippen LogP contribution is -2.30. The minimum Gasteiger partial charge on any atom is -0.267 e. The molecular formula is C24H19ClN4O. The van der Waals surface area contributed by atoms with Crippen LogP contribution in [-0.2, 0) is 0 Å². The summed E-state index contributed by atoms with van der Waals surface area (Å²) in [4.78, 5) is 17.8. The number of nitrogens with zero attached hydrogens (tertiary/aromatic N) is 4. The number of fused-ring (bicyclic) bond motifs is 1. The molecule has 0 saturated carbocycles. The molecule has 2 aromatic heterocycles. The molecule has 4 aromatic rings. The summed E-state index contributed by atoms with van der Waals surface area (Å²) >= 11 is 5.96. The number of nitriles is 1. The number of aromatic nitrogens is 3. The highest BCUT2D eigenvalue weighted by Gasteiger charge is 2.15. The Morgan fingerprint density at radius 3 is 2.47 bits per heavy atom. The molecule has 0 bridgehead atoms. The van der Waals surface area contributed by atoms with Gasteiger partial charge in [0, 0.05) is 16.4 Å². The first kappa shape index (κ1) is 19.7. The Morgan fingerprint density at radius 2 is 1.77 bits per heavy atom. The van der Waals surface area contributed by atoms with Gasteiger partial charge in [0.1, 0.15) is 5.82 Å². The summed E-state index contributed by atoms with van der Waals surface area (Å²) in [7, 11) is 0. The number of aryl methyl sites for hydroxylation is 2. The van der Waals surface area contributed by atoms with E-state index in [0.29, 0.717) is 27.3 Å². The van der Waals surface area contributed by atoms with E-state index in [4.69, 9.17) is 11.6 Å². The van der Waals surface area contributed by atoms with Gasteiger partial charge in [-0.05, 0) is 68.3 Å². The molecule has 0 unspecified atom stereocenters. The van der Waals surface area contributed by atoms with Gasteiger partial charge in [0.2, 0.25) is 0 Å². The Balaban J connectivity index is 1.90. The number of hydrogen-bond acceptors (Lipinski definition) is 3. The maximum Gasteiger partial charge on any atom is 0.280 e. The summed E-state index contributed by atoms with van der Waals surface area (Å²) < 4.78 is 3.43. The predicted octanol–water partition coefficient (Wildman–Crippen LogP) is 5.15. The molecule has 0 atom stereocenters. The average molecular weight is 415 g/mol. The predicted molar refractivity (Wildman–Crippen MR) is 120 cm³/mol. The Labute approximate surface area is 179 Å². The first-order chi connectivity index (χ1) is 14.4. The van der Waals surface area contributed by atoms with Crippen molar-refractivity contribution >= 4 is 34.2 Å². The van der Waals surface area contributed by atoms with Crippen molar-refractivity contribution in [1.29, 1.82) is 5.26 Å². The van der Waals surface area contributed by atoms with Crippen LogP contribution in [0.15, 0.2) is 59.4 Å². The van der Waals surface area contributed by atoms with Crippen LogP contribution in [0.5, 0.6) is 0 Å². The molecule has 0 aliphatic heterocycles. The molecule has 4 rings (SSSR count). The lowest BCUT2D eigenvalue weighted by Gasteiger charge is -2.16. The fraction of sp³-hybridized carbons (Fsp3) is 0.125. The average Bonchev–Trinajstić information content (AvgIpc) is 3.00. The number of benzene rings is 2. The van der Waals surface area contributed by atoms with E-state index in [1.54, 1.807) is 22.9 Å². The molecule has 0 spiro atoms. The first-order valence-electron chi connectivity index (χ1n) is 9.46. The summed E-state index contributed by atoms with van der Waals surface area (Å²) in [6.45, 7) is 5.67. The van der Waals surface area contributed by atoms with Gasteiger partial charge >= 0.3 is 0 Å². The van der Waals surface area contributed by atoms with Crippen molar-refractivity contribution in [2.45, 2.75) is 20.8 Å². The topological polar surface area (TPSA) is 63.6 Å². The van der Waals surface area contributed by atoms with Gasteiger partial charge in [0.25, 0.3) is 5.56 Å². The normalized spacial score (nSPS) is 11.6. The number of allylic oxidation sites excluding steroid dienone is 1. The van der Waals surface area contributed by atoms with Gasteiger partial charge < -0.3 is 0 Å². The number of para-hydroxylation sites is 1. The van der Waals surface area contributed by atoms with Crippen LogP contribution in [0.1, 0.15) is 28.3 Å². The first-order valence-corrected chi connectivity index (χ1v) is 9.84. The van der Waals surface area contributed by atoms with E-state index >= 15 is 0 Å². The van der Waals surface area contributed by atoms with E-state index < -0.39 is 0 Å². The highest BCUT2D eigenvalue weighted by Crippen LogP contribution is 2.24. The zero-order chi connectivity index (χ0) is 21.4. The van der Waals surface area contributed by atoms with Gasteiger partial charge in [0.15, 0.2) is 0 Å². The summed E-state index contributed by atoms with van der Waals surface area (Å²) in [5.41, 5.74) is 4.42. The summed E-state index contributed by atoms with van der Waals surface area (Å²) in [5, 5.41) is 10.9. The molecule has 5 nitrogen and oxygen atoms in total. The fourth-order valence-corrected chi connectivity index (χ4v) is 3.79. The van der Waals surface area contributed by atoms with Gasteiger partial charge in [0.05, 0.1) is 22.5 Å². The number of hydrogen-bond donors (Lipinski definition) is 0. The standard InChI is InChI=1S/C24H19ClN4O/c1-15-12-19(13-20(14-26)18-8-10-21(25)11-9-18)16(2)28(15)29-17(3)27-23-7-5-4-6-22(23)24(29)30/h4-13H,1-3H3. The Morgan fingerprint density at radius 1 is 1.07 bits per heavy atom. The second kappa shape index (κ2) is 7.66. The highest BCUT2D eigenvalue weighted by atomic mass is 35.5. The zero-order valence-corrected chi connectivity index (χ0v) is 17.6. The van der Waals surface area contributed by atoms with Crippen LogP contribution in [-0.4, -0.2) is 14.3 Å². The summed E-state index contributed by atoms with van der Waals surface area (Å²) in [6.07, 6.45) is 1.83. The Hall–Kier alpha value is -3.62. The third-order valence-electron chi connectivity index (χ3n) is 5.13. The molecule has 0 aliphatic rings. The Kier molecular flexibility index (Phi) is 5.03. The molecule has 0 amide bonds. The summed E-state index contributed by atoms with van der Waals surface area (Å²) in [5.74, 6) is 0.592. The minimum absolute atomic E-state index is 0.131. The van der Waals surface area contributed by atoms with E-state index in [0.717, 1.165) is 22.5 Å².